The lowest BCUT2D eigenvalue weighted by molar-refractivity contribution is -0.138. The molecule has 3 saturated heterocycles. The second-order valence-corrected chi connectivity index (χ2v) is 34.1. The highest BCUT2D eigenvalue weighted by atomic mass is 33.1. The maximum Gasteiger partial charge on any atom is 0.306 e. The Bertz CT molecular complexity index is 4320. The van der Waals surface area contributed by atoms with Gasteiger partial charge in [-0.15, -0.1) is 0 Å². The first-order valence-electron chi connectivity index (χ1n) is 40.8. The number of hydrogen-bond acceptors (Lipinski definition) is 29. The van der Waals surface area contributed by atoms with E-state index in [9.17, 15) is 126 Å². The maximum absolute atomic E-state index is 15.4. The first-order valence-corrected chi connectivity index (χ1v) is 44.6. The first-order chi connectivity index (χ1) is 60.2. The number of carboxylic acid groups (broad SMARTS) is 2. The number of fused-ring (bicyclic) bond motifs is 2. The Kier molecular flexibility index (Phi) is 44.9. The fraction of sp³-hybridized carbons (Fsp3) is 0.649. The van der Waals surface area contributed by atoms with Crippen molar-refractivity contribution in [3.63, 3.8) is 0 Å². The number of carbonyl (C=O) groups excluding carboxylic acids is 3. The van der Waals surface area contributed by atoms with Crippen molar-refractivity contribution in [2.45, 2.75) is 221 Å². The Morgan fingerprint density at radius 3 is 1.70 bits per heavy atom. The standard InChI is InChI=1S/C77H119N21O26S3/c1-38(2)26-44(65(112)85-42(62(81)109)20-25-125-5)84-57(103)31-82-75(122)61(39(3)4)95-68(115)45(27-40-14-7-6-8-15-40)87-71(118)51-36-126-127-37-52(77(124)98-24-13-19-55(98)73(120)89-47(29-59(105)106)63(110)83-32-58(104)96-22-11-17-53(96)72(119)90-48(30-60(107)108)67(114)93-51)94-64(111)43(16-9-10-21-78)86-69(116)49(34-100)91-66(113)46(28-56(80)102)88-70(117)50(35-101)92-74(121)54-18-12-23-97(54)76(123)41(79)33-99/h6-8,14-15,38-39,41-55,61,99-101H,9-13,16-37,78-79H2,1-5H3,(H2,80,102)(H2,81,109)(H,82,122)(H,83,110)(H,84,103)(H,85,112)(H,86,116)(H,87,118)(H,88,117)(H,89,120)(H,90,119)(H,91,113)(H,92,121)(H,93,114)(H,94,111)(H,95,115)(H,105,106)(H,107,108)/t41-,42-,43-,44-,45-,46-,47-,48-,49-,50-,51-,52-,53-,54-,55-,61-/m0/s1. The molecule has 1 aromatic carbocycles. The molecular weight excluding hydrogens is 1730 g/mol. The molecule has 0 radical (unpaired) electrons. The smallest absolute Gasteiger partial charge is 0.306 e. The van der Waals surface area contributed by atoms with Crippen LogP contribution in [-0.4, -0.2) is 425 Å². The van der Waals surface area contributed by atoms with E-state index in [1.807, 2.05) is 0 Å². The third kappa shape index (κ3) is 34.2. The third-order valence-corrected chi connectivity index (χ3v) is 23.0. The highest BCUT2D eigenvalue weighted by Gasteiger charge is 2.41. The summed E-state index contributed by atoms with van der Waals surface area (Å²) in [4.78, 5) is 128. The number of thioether (sulfide) groups is 1. The number of benzene rings is 1. The van der Waals surface area contributed by atoms with Crippen LogP contribution in [0.5, 0.6) is 0 Å². The highest BCUT2D eigenvalue weighted by molar-refractivity contribution is 8.76. The molecule has 4 aliphatic heterocycles. The second kappa shape index (κ2) is 53.5. The molecule has 3 fully saturated rings. The van der Waals surface area contributed by atoms with Gasteiger partial charge in [-0.05, 0) is 107 Å². The van der Waals surface area contributed by atoms with E-state index in [0.29, 0.717) is 17.7 Å². The number of hydrogen-bond donors (Lipinski definition) is 25. The number of aliphatic carboxylic acids is 2. The number of nitrogens with two attached hydrogens (primary N) is 2. The quantitative estimate of drug-likeness (QED) is 0.0192. The molecule has 3 amide bonds. The Morgan fingerprint density at radius 2 is 1.13 bits per heavy atom. The minimum absolute atomic E-state index is 0.00948. The van der Waals surface area contributed by atoms with Crippen LogP contribution in [0.2, 0.25) is 0 Å². The molecule has 0 aliphatic carbocycles. The number of unbranched alkanes of at least 4 members (excludes halogenated alkanes) is 1. The van der Waals surface area contributed by atoms with E-state index in [0.717, 1.165) is 36.3 Å². The Hall–Kier alpha value is -11.1. The van der Waals surface area contributed by atoms with Crippen molar-refractivity contribution in [2.75, 3.05) is 82.6 Å². The second-order valence-electron chi connectivity index (χ2n) is 30.6. The third-order valence-electron chi connectivity index (χ3n) is 19.9. The Labute approximate surface area is 742 Å². The number of nitrogens with one attached hydrogen (secondary N) is 2. The van der Waals surface area contributed by atoms with Crippen LogP contribution in [0.3, 0.4) is 0 Å². The fourth-order valence-electron chi connectivity index (χ4n) is 13.4. The Morgan fingerprint density at radius 1 is 0.583 bits per heavy atom. The van der Waals surface area contributed by atoms with Gasteiger partial charge >= 0.3 is 11.9 Å². The summed E-state index contributed by atoms with van der Waals surface area (Å²) in [6.45, 7) is 1.94. The molecule has 0 unspecified atom stereocenters. The molecule has 27 N–H and O–H groups in total. The van der Waals surface area contributed by atoms with Gasteiger partial charge in [0.15, 0.2) is 18.0 Å². The van der Waals surface area contributed by atoms with E-state index in [1.54, 1.807) is 64.3 Å². The van der Waals surface area contributed by atoms with Crippen molar-refractivity contribution in [3.05, 3.63) is 35.9 Å². The van der Waals surface area contributed by atoms with Crippen molar-refractivity contribution < 1.29 is 131 Å². The summed E-state index contributed by atoms with van der Waals surface area (Å²) in [6, 6.07) is -17.7. The van der Waals surface area contributed by atoms with E-state index >= 15 is 4.79 Å². The van der Waals surface area contributed by atoms with Crippen LogP contribution < -0.4 is 11.5 Å². The largest absolute Gasteiger partial charge is 0.497 e. The van der Waals surface area contributed by atoms with Crippen molar-refractivity contribution in [1.29, 1.82) is 10.8 Å². The fourth-order valence-corrected chi connectivity index (χ4v) is 16.1. The predicted octanol–water partition coefficient (Wildman–Crippen LogP) is 3.71. The number of aliphatic hydroxyl groups is 19. The number of aliphatic imine (C=N–C) groups is 14. The van der Waals surface area contributed by atoms with Crippen molar-refractivity contribution >= 4 is 157 Å². The number of nitrogens with zero attached hydrogens (tertiary/aromatic N) is 17. The molecule has 47 nitrogen and oxygen atoms in total. The zero-order valence-electron chi connectivity index (χ0n) is 70.8. The van der Waals surface area contributed by atoms with Gasteiger partial charge in [0.25, 0.3) is 0 Å². The van der Waals surface area contributed by atoms with E-state index < -0.39 is 290 Å². The van der Waals surface area contributed by atoms with E-state index in [-0.39, 0.29) is 103 Å². The van der Waals surface area contributed by atoms with Gasteiger partial charge in [-0.3, -0.25) is 34.8 Å². The van der Waals surface area contributed by atoms with Crippen LogP contribution in [0.4, 0.5) is 0 Å². The average molecular weight is 1850 g/mol. The summed E-state index contributed by atoms with van der Waals surface area (Å²) in [5.41, 5.74) is 12.0. The van der Waals surface area contributed by atoms with Crippen molar-refractivity contribution in [2.24, 2.45) is 93.2 Å². The summed E-state index contributed by atoms with van der Waals surface area (Å²) in [5.74, 6) is -22.8. The summed E-state index contributed by atoms with van der Waals surface area (Å²) in [6.07, 6.45) is -0.553. The van der Waals surface area contributed by atoms with Crippen LogP contribution >= 0.6 is 33.3 Å². The molecule has 5 rings (SSSR count). The van der Waals surface area contributed by atoms with Crippen molar-refractivity contribution in [3.8, 4) is 0 Å². The zero-order valence-corrected chi connectivity index (χ0v) is 73.2. The van der Waals surface area contributed by atoms with Crippen LogP contribution in [-0.2, 0) is 30.4 Å². The van der Waals surface area contributed by atoms with Crippen molar-refractivity contribution in [1.82, 2.24) is 14.7 Å². The maximum atomic E-state index is 15.4. The zero-order chi connectivity index (χ0) is 94.5. The lowest BCUT2D eigenvalue weighted by Gasteiger charge is -2.27. The number of likely N-dealkylation sites (tertiary alicyclic amines) is 1. The van der Waals surface area contributed by atoms with Gasteiger partial charge in [-0.1, -0.05) is 79.6 Å². The summed E-state index contributed by atoms with van der Waals surface area (Å²) in [5, 5.41) is 250. The van der Waals surface area contributed by atoms with Crippen LogP contribution in [0.1, 0.15) is 123 Å². The monoisotopic (exact) mass is 1850 g/mol. The summed E-state index contributed by atoms with van der Waals surface area (Å²) in [7, 11) is 1.50. The number of carboxylic acids is 2. The van der Waals surface area contributed by atoms with Gasteiger partial charge in [0.1, 0.15) is 97.7 Å². The van der Waals surface area contributed by atoms with Gasteiger partial charge in [-0.25, -0.2) is 69.9 Å². The van der Waals surface area contributed by atoms with Gasteiger partial charge in [0.2, 0.25) is 106 Å². The molecule has 0 aromatic heterocycles. The molecule has 127 heavy (non-hydrogen) atoms. The van der Waals surface area contributed by atoms with Gasteiger partial charge < -0.3 is 133 Å². The van der Waals surface area contributed by atoms with Gasteiger partial charge in [0, 0.05) is 37.6 Å². The molecule has 50 heteroatoms. The summed E-state index contributed by atoms with van der Waals surface area (Å²) >= 11 is 1.42. The molecule has 0 bridgehead atoms. The number of amides is 3. The SMILES string of the molecule is CSCC[C@H](N=C(O)[C@H](CC(C)C)N=C(O)CN=C(O)[C@@H](N=C(O)[C@H](Cc1ccccc1)N=C(O)[C@@H]1CSSC[C@H](N=C(O)[C@H](CCCCN)N=C(O)[C@H](CO)N=C(O)[C@H](CC(=N)O)N=C(O)[C@H](CO)N=C(O)[C@@H]2CCCN2C(=O)[C@@H](N)CO)C(=O)N2CCC[C@H]2C(O)=N[C@@H](CC(=O)O)C(O)=NCC(=O)N2CCC[C@H]2C(O)=N[C@@H](CC(=O)O)C(O)=N1)C(C)C)C(=N)O. The molecule has 706 valence electrons. The lowest BCUT2D eigenvalue weighted by Crippen LogP contribution is -2.50. The minimum atomic E-state index is -2.03. The average Bonchev–Trinajstić information content (AvgIpc) is 1.71. The summed E-state index contributed by atoms with van der Waals surface area (Å²) < 4.78 is 0. The number of carbonyl (C=O) groups is 5. The molecule has 0 spiro atoms. The van der Waals surface area contributed by atoms with Crippen LogP contribution in [0, 0.1) is 22.7 Å². The lowest BCUT2D eigenvalue weighted by atomic mass is 10.0. The molecule has 4 heterocycles. The molecule has 0 saturated carbocycles. The number of aliphatic hydroxyl groups excluding tert-OH is 19. The van der Waals surface area contributed by atoms with Gasteiger partial charge in [-0.2, -0.15) is 11.8 Å². The molecule has 1 aromatic rings. The van der Waals surface area contributed by atoms with Gasteiger partial charge in [0.05, 0.1) is 39.1 Å². The van der Waals surface area contributed by atoms with E-state index in [1.165, 1.54) is 11.8 Å². The van der Waals surface area contributed by atoms with E-state index in [4.69, 9.17) is 22.3 Å². The topological polar surface area (TPSA) is 793 Å². The van der Waals surface area contributed by atoms with E-state index in [2.05, 4.69) is 69.9 Å². The highest BCUT2D eigenvalue weighted by Crippen LogP contribution is 2.31. The Balaban J connectivity index is 1.71. The normalized spacial score (nSPS) is 23.3. The van der Waals surface area contributed by atoms with Crippen LogP contribution in [0.25, 0.3) is 0 Å². The van der Waals surface area contributed by atoms with Crippen LogP contribution in [0.15, 0.2) is 100 Å². The number of rotatable bonds is 43. The molecule has 16 atom stereocenters. The molecule has 4 aliphatic rings. The first kappa shape index (κ1) is 106. The predicted molar refractivity (Wildman–Crippen MR) is 485 cm³/mol. The minimum Gasteiger partial charge on any atom is -0.497 e. The molecular formula is C77H119N21O26S3.